The fourth-order valence-corrected chi connectivity index (χ4v) is 4.78. The van der Waals surface area contributed by atoms with Gasteiger partial charge in [-0.1, -0.05) is 52.3 Å². The summed E-state index contributed by atoms with van der Waals surface area (Å²) in [6, 6.07) is 23.6. The molecule has 2 atom stereocenters. The summed E-state index contributed by atoms with van der Waals surface area (Å²) >= 11 is 3.60. The lowest BCUT2D eigenvalue weighted by Gasteiger charge is -2.38. The van der Waals surface area contributed by atoms with E-state index in [-0.39, 0.29) is 6.10 Å². The molecular weight excluding hydrogens is 484 g/mol. The summed E-state index contributed by atoms with van der Waals surface area (Å²) in [6.07, 6.45) is 1.35. The van der Waals surface area contributed by atoms with Gasteiger partial charge in [0, 0.05) is 10.9 Å². The Balaban J connectivity index is 1.94. The van der Waals surface area contributed by atoms with Crippen LogP contribution in [0.2, 0.25) is 0 Å². The SMILES string of the molecule is COc1ccc(C(O[C@H]2C[C@@H](O)C=C2Br)(c2ccc(OC)cc2)c2ccc(OC)cc2)cc1. The van der Waals surface area contributed by atoms with Crippen LogP contribution in [0.5, 0.6) is 17.2 Å². The summed E-state index contributed by atoms with van der Waals surface area (Å²) in [5.41, 5.74) is 1.83. The van der Waals surface area contributed by atoms with Crippen LogP contribution in [0.25, 0.3) is 0 Å². The predicted molar refractivity (Wildman–Crippen MR) is 131 cm³/mol. The van der Waals surface area contributed by atoms with Gasteiger partial charge in [-0.3, -0.25) is 0 Å². The molecule has 4 rings (SSSR count). The van der Waals surface area contributed by atoms with Crippen molar-refractivity contribution in [3.8, 4) is 17.2 Å². The van der Waals surface area contributed by atoms with Gasteiger partial charge in [0.1, 0.15) is 22.8 Å². The Morgan fingerprint density at radius 3 is 1.33 bits per heavy atom. The quantitative estimate of drug-likeness (QED) is 0.409. The smallest absolute Gasteiger partial charge is 0.144 e. The van der Waals surface area contributed by atoms with Gasteiger partial charge in [0.25, 0.3) is 0 Å². The van der Waals surface area contributed by atoms with Crippen molar-refractivity contribution in [2.45, 2.75) is 24.2 Å². The number of halogens is 1. The zero-order valence-corrected chi connectivity index (χ0v) is 20.4. The first-order chi connectivity index (χ1) is 16.0. The third-order valence-corrected chi connectivity index (χ3v) is 6.70. The van der Waals surface area contributed by atoms with Crippen molar-refractivity contribution in [3.63, 3.8) is 0 Å². The van der Waals surface area contributed by atoms with Gasteiger partial charge in [-0.05, 0) is 59.2 Å². The molecule has 3 aromatic carbocycles. The number of aliphatic hydroxyl groups excluding tert-OH is 1. The van der Waals surface area contributed by atoms with E-state index in [0.717, 1.165) is 38.4 Å². The van der Waals surface area contributed by atoms with Crippen LogP contribution in [0.4, 0.5) is 0 Å². The third-order valence-electron chi connectivity index (χ3n) is 5.92. The normalized spacial score (nSPS) is 18.0. The lowest BCUT2D eigenvalue weighted by molar-refractivity contribution is -0.0337. The van der Waals surface area contributed by atoms with E-state index in [2.05, 4.69) is 15.9 Å². The van der Waals surface area contributed by atoms with E-state index < -0.39 is 11.7 Å². The van der Waals surface area contributed by atoms with Gasteiger partial charge < -0.3 is 24.1 Å². The van der Waals surface area contributed by atoms with Gasteiger partial charge >= 0.3 is 0 Å². The van der Waals surface area contributed by atoms with Crippen molar-refractivity contribution in [2.75, 3.05) is 21.3 Å². The zero-order valence-electron chi connectivity index (χ0n) is 18.8. The minimum Gasteiger partial charge on any atom is -0.497 e. The molecule has 0 saturated carbocycles. The molecule has 0 unspecified atom stereocenters. The van der Waals surface area contributed by atoms with Crippen LogP contribution in [0.15, 0.2) is 83.4 Å². The van der Waals surface area contributed by atoms with Crippen molar-refractivity contribution in [1.82, 2.24) is 0 Å². The number of hydrogen-bond donors (Lipinski definition) is 1. The molecule has 0 heterocycles. The number of aliphatic hydroxyl groups is 1. The van der Waals surface area contributed by atoms with Crippen LogP contribution < -0.4 is 14.2 Å². The molecule has 0 bridgehead atoms. The molecular formula is C27H27BrO5. The van der Waals surface area contributed by atoms with Gasteiger partial charge in [-0.25, -0.2) is 0 Å². The van der Waals surface area contributed by atoms with Crippen LogP contribution in [0.3, 0.4) is 0 Å². The number of rotatable bonds is 8. The second-order valence-electron chi connectivity index (χ2n) is 7.83. The molecule has 0 aliphatic heterocycles. The fraction of sp³-hybridized carbons (Fsp3) is 0.259. The van der Waals surface area contributed by atoms with Crippen LogP contribution in [0, 0.1) is 0 Å². The summed E-state index contributed by atoms with van der Waals surface area (Å²) in [5.74, 6) is 2.28. The summed E-state index contributed by atoms with van der Waals surface area (Å²) in [5, 5.41) is 10.2. The van der Waals surface area contributed by atoms with Crippen molar-refractivity contribution >= 4 is 15.9 Å². The standard InChI is InChI=1S/C27H27BrO5/c1-30-22-10-4-18(5-11-22)27(19-6-12-23(31-2)13-7-19,20-8-14-24(32-3)15-9-20)33-26-17-21(29)16-25(26)28/h4-16,21,26,29H,17H2,1-3H3/t21-,26-/m0/s1. The van der Waals surface area contributed by atoms with Crippen LogP contribution in [-0.2, 0) is 10.3 Å². The van der Waals surface area contributed by atoms with E-state index >= 15 is 0 Å². The van der Waals surface area contributed by atoms with Crippen molar-refractivity contribution in [2.24, 2.45) is 0 Å². The molecule has 0 amide bonds. The van der Waals surface area contributed by atoms with E-state index in [0.29, 0.717) is 6.42 Å². The summed E-state index contributed by atoms with van der Waals surface area (Å²) in [6.45, 7) is 0. The second kappa shape index (κ2) is 10.00. The number of methoxy groups -OCH3 is 3. The Labute approximate surface area is 202 Å². The highest BCUT2D eigenvalue weighted by atomic mass is 79.9. The lowest BCUT2D eigenvalue weighted by atomic mass is 9.79. The maximum absolute atomic E-state index is 10.2. The van der Waals surface area contributed by atoms with E-state index in [4.69, 9.17) is 18.9 Å². The average molecular weight is 511 g/mol. The van der Waals surface area contributed by atoms with Crippen LogP contribution in [-0.4, -0.2) is 38.6 Å². The largest absolute Gasteiger partial charge is 0.497 e. The van der Waals surface area contributed by atoms with E-state index in [9.17, 15) is 5.11 Å². The predicted octanol–water partition coefficient (Wildman–Crippen LogP) is 5.43. The minimum absolute atomic E-state index is 0.327. The molecule has 0 fully saturated rings. The molecule has 33 heavy (non-hydrogen) atoms. The van der Waals surface area contributed by atoms with Gasteiger partial charge in [0.05, 0.1) is 33.5 Å². The summed E-state index contributed by atoms with van der Waals surface area (Å²) in [7, 11) is 4.94. The van der Waals surface area contributed by atoms with E-state index in [1.54, 1.807) is 27.4 Å². The number of hydrogen-bond acceptors (Lipinski definition) is 5. The van der Waals surface area contributed by atoms with E-state index in [1.165, 1.54) is 0 Å². The van der Waals surface area contributed by atoms with Gasteiger partial charge in [0.2, 0.25) is 0 Å². The molecule has 0 saturated heterocycles. The second-order valence-corrected chi connectivity index (χ2v) is 8.74. The van der Waals surface area contributed by atoms with Crippen LogP contribution >= 0.6 is 15.9 Å². The molecule has 5 nitrogen and oxygen atoms in total. The zero-order chi connectivity index (χ0) is 23.4. The number of ether oxygens (including phenoxy) is 4. The van der Waals surface area contributed by atoms with Crippen LogP contribution in [0.1, 0.15) is 23.1 Å². The molecule has 6 heteroatoms. The first-order valence-corrected chi connectivity index (χ1v) is 11.5. The maximum atomic E-state index is 10.2. The molecule has 1 aliphatic rings. The summed E-state index contributed by atoms with van der Waals surface area (Å²) in [4.78, 5) is 0. The molecule has 1 N–H and O–H groups in total. The molecule has 0 spiro atoms. The first-order valence-electron chi connectivity index (χ1n) is 10.7. The Kier molecular flexibility index (Phi) is 7.08. The molecule has 0 radical (unpaired) electrons. The highest BCUT2D eigenvalue weighted by molar-refractivity contribution is 9.11. The molecule has 3 aromatic rings. The van der Waals surface area contributed by atoms with Gasteiger partial charge in [-0.2, -0.15) is 0 Å². The van der Waals surface area contributed by atoms with Gasteiger partial charge in [-0.15, -0.1) is 0 Å². The monoisotopic (exact) mass is 510 g/mol. The van der Waals surface area contributed by atoms with Crippen molar-refractivity contribution in [1.29, 1.82) is 0 Å². The van der Waals surface area contributed by atoms with Crippen molar-refractivity contribution < 1.29 is 24.1 Å². The summed E-state index contributed by atoms with van der Waals surface area (Å²) < 4.78 is 24.0. The van der Waals surface area contributed by atoms with E-state index in [1.807, 2.05) is 72.8 Å². The average Bonchev–Trinajstić information content (AvgIpc) is 3.19. The molecule has 172 valence electrons. The molecule has 0 aromatic heterocycles. The van der Waals surface area contributed by atoms with Gasteiger partial charge in [0.15, 0.2) is 0 Å². The minimum atomic E-state index is -0.966. The third kappa shape index (κ3) is 4.64. The highest BCUT2D eigenvalue weighted by Gasteiger charge is 2.42. The Morgan fingerprint density at radius 1 is 0.697 bits per heavy atom. The topological polar surface area (TPSA) is 57.2 Å². The first kappa shape index (κ1) is 23.4. The van der Waals surface area contributed by atoms with Crippen molar-refractivity contribution in [3.05, 3.63) is 100 Å². The maximum Gasteiger partial charge on any atom is 0.144 e. The lowest BCUT2D eigenvalue weighted by Crippen LogP contribution is -2.37. The molecule has 1 aliphatic carbocycles. The Hall–Kier alpha value is -2.80. The fourth-order valence-electron chi connectivity index (χ4n) is 4.19. The Morgan fingerprint density at radius 2 is 1.06 bits per heavy atom. The highest BCUT2D eigenvalue weighted by Crippen LogP contribution is 2.45. The Bertz CT molecular complexity index is 975. The number of benzene rings is 3.